The average molecular weight is 266 g/mol. The number of aliphatic carboxylic acids is 1. The molecule has 0 radical (unpaired) electrons. The van der Waals surface area contributed by atoms with Crippen molar-refractivity contribution in [2.24, 2.45) is 0 Å². The van der Waals surface area contributed by atoms with Gasteiger partial charge >= 0.3 is 12.0 Å². The molecule has 1 aromatic rings. The van der Waals surface area contributed by atoms with Crippen LogP contribution < -0.4 is 15.4 Å². The van der Waals surface area contributed by atoms with Crippen LogP contribution in [0.3, 0.4) is 0 Å². The summed E-state index contributed by atoms with van der Waals surface area (Å²) < 4.78 is 5.00. The molecule has 1 aromatic carbocycles. The summed E-state index contributed by atoms with van der Waals surface area (Å²) in [6, 6.07) is 5.35. The summed E-state index contributed by atoms with van der Waals surface area (Å²) in [6.07, 6.45) is 1.07. The van der Waals surface area contributed by atoms with Crippen LogP contribution in [0.5, 0.6) is 5.75 Å². The molecule has 3 N–H and O–H groups in total. The topological polar surface area (TPSA) is 87.7 Å². The SMILES string of the molecule is CCC[C@@H](NC(=O)Nc1ccc(OC)cc1)C(=O)O. The Morgan fingerprint density at radius 3 is 2.42 bits per heavy atom. The Labute approximate surface area is 111 Å². The van der Waals surface area contributed by atoms with Gasteiger partial charge in [-0.05, 0) is 30.7 Å². The van der Waals surface area contributed by atoms with Gasteiger partial charge in [-0.25, -0.2) is 9.59 Å². The highest BCUT2D eigenvalue weighted by Gasteiger charge is 2.18. The molecule has 6 heteroatoms. The number of benzene rings is 1. The predicted octanol–water partition coefficient (Wildman–Crippen LogP) is 2.07. The fourth-order valence-electron chi connectivity index (χ4n) is 1.55. The Balaban J connectivity index is 2.55. The second-order valence-corrected chi connectivity index (χ2v) is 4.01. The first-order valence-corrected chi connectivity index (χ1v) is 6.01. The van der Waals surface area contributed by atoms with Crippen molar-refractivity contribution < 1.29 is 19.4 Å². The molecule has 2 amide bonds. The van der Waals surface area contributed by atoms with Gasteiger partial charge in [0.15, 0.2) is 0 Å². The van der Waals surface area contributed by atoms with Crippen molar-refractivity contribution in [2.75, 3.05) is 12.4 Å². The lowest BCUT2D eigenvalue weighted by atomic mass is 10.2. The van der Waals surface area contributed by atoms with E-state index < -0.39 is 18.0 Å². The summed E-state index contributed by atoms with van der Waals surface area (Å²) in [4.78, 5) is 22.5. The second-order valence-electron chi connectivity index (χ2n) is 4.01. The molecular formula is C13H18N2O4. The maximum absolute atomic E-state index is 11.6. The highest BCUT2D eigenvalue weighted by Crippen LogP contribution is 2.14. The van der Waals surface area contributed by atoms with Gasteiger partial charge in [0, 0.05) is 5.69 Å². The maximum Gasteiger partial charge on any atom is 0.326 e. The van der Waals surface area contributed by atoms with Crippen LogP contribution in [-0.4, -0.2) is 30.3 Å². The molecule has 0 spiro atoms. The third-order valence-electron chi connectivity index (χ3n) is 2.53. The first-order chi connectivity index (χ1) is 9.06. The highest BCUT2D eigenvalue weighted by molar-refractivity contribution is 5.92. The number of anilines is 1. The highest BCUT2D eigenvalue weighted by atomic mass is 16.5. The minimum absolute atomic E-state index is 0.394. The van der Waals surface area contributed by atoms with Crippen molar-refractivity contribution in [1.82, 2.24) is 5.32 Å². The molecular weight excluding hydrogens is 248 g/mol. The van der Waals surface area contributed by atoms with Gasteiger partial charge in [-0.3, -0.25) is 0 Å². The van der Waals surface area contributed by atoms with E-state index in [1.165, 1.54) is 0 Å². The van der Waals surface area contributed by atoms with Gasteiger partial charge < -0.3 is 20.5 Å². The molecule has 1 atom stereocenters. The summed E-state index contributed by atoms with van der Waals surface area (Å²) in [5.74, 6) is -0.355. The van der Waals surface area contributed by atoms with Crippen LogP contribution in [0.25, 0.3) is 0 Å². The molecule has 104 valence electrons. The molecule has 0 saturated carbocycles. The van der Waals surface area contributed by atoms with E-state index in [2.05, 4.69) is 10.6 Å². The molecule has 6 nitrogen and oxygen atoms in total. The van der Waals surface area contributed by atoms with E-state index in [-0.39, 0.29) is 0 Å². The van der Waals surface area contributed by atoms with Crippen LogP contribution >= 0.6 is 0 Å². The Kier molecular flexibility index (Phi) is 5.66. The number of hydrogen-bond acceptors (Lipinski definition) is 3. The van der Waals surface area contributed by atoms with E-state index in [1.54, 1.807) is 31.4 Å². The van der Waals surface area contributed by atoms with Crippen molar-refractivity contribution in [3.63, 3.8) is 0 Å². The van der Waals surface area contributed by atoms with Crippen molar-refractivity contribution >= 4 is 17.7 Å². The zero-order valence-corrected chi connectivity index (χ0v) is 11.0. The van der Waals surface area contributed by atoms with Crippen molar-refractivity contribution in [1.29, 1.82) is 0 Å². The zero-order chi connectivity index (χ0) is 14.3. The molecule has 0 fully saturated rings. The number of carboxylic acid groups (broad SMARTS) is 1. The number of urea groups is 1. The van der Waals surface area contributed by atoms with Crippen molar-refractivity contribution in [3.05, 3.63) is 24.3 Å². The first kappa shape index (κ1) is 14.8. The third kappa shape index (κ3) is 4.87. The number of amides is 2. The largest absolute Gasteiger partial charge is 0.497 e. The predicted molar refractivity (Wildman–Crippen MR) is 71.5 cm³/mol. The fraction of sp³-hybridized carbons (Fsp3) is 0.385. The zero-order valence-electron chi connectivity index (χ0n) is 11.0. The third-order valence-corrected chi connectivity index (χ3v) is 2.53. The number of carboxylic acids is 1. The lowest BCUT2D eigenvalue weighted by molar-refractivity contribution is -0.139. The number of nitrogens with one attached hydrogen (secondary N) is 2. The van der Waals surface area contributed by atoms with Crippen LogP contribution in [-0.2, 0) is 4.79 Å². The number of rotatable bonds is 6. The molecule has 19 heavy (non-hydrogen) atoms. The lowest BCUT2D eigenvalue weighted by Crippen LogP contribution is -2.42. The molecule has 0 aliphatic carbocycles. The van der Waals surface area contributed by atoms with Crippen molar-refractivity contribution in [3.8, 4) is 5.75 Å². The quantitative estimate of drug-likeness (QED) is 0.735. The summed E-state index contributed by atoms with van der Waals surface area (Å²) in [5, 5.41) is 13.9. The first-order valence-electron chi connectivity index (χ1n) is 6.01. The van der Waals surface area contributed by atoms with Gasteiger partial charge in [0.2, 0.25) is 0 Å². The van der Waals surface area contributed by atoms with Gasteiger partial charge in [-0.15, -0.1) is 0 Å². The van der Waals surface area contributed by atoms with E-state index in [0.29, 0.717) is 24.3 Å². The molecule has 0 unspecified atom stereocenters. The van der Waals surface area contributed by atoms with E-state index >= 15 is 0 Å². The van der Waals surface area contributed by atoms with Crippen LogP contribution in [0.15, 0.2) is 24.3 Å². The normalized spacial score (nSPS) is 11.5. The van der Waals surface area contributed by atoms with E-state index in [0.717, 1.165) is 0 Å². The van der Waals surface area contributed by atoms with Crippen LogP contribution in [0.1, 0.15) is 19.8 Å². The van der Waals surface area contributed by atoms with Gasteiger partial charge in [-0.1, -0.05) is 13.3 Å². The van der Waals surface area contributed by atoms with E-state index in [9.17, 15) is 9.59 Å². The minimum atomic E-state index is -1.04. The summed E-state index contributed by atoms with van der Waals surface area (Å²) in [5.41, 5.74) is 0.568. The number of ether oxygens (including phenoxy) is 1. The molecule has 0 bridgehead atoms. The summed E-state index contributed by atoms with van der Waals surface area (Å²) >= 11 is 0. The maximum atomic E-state index is 11.6. The second kappa shape index (κ2) is 7.25. The molecule has 0 saturated heterocycles. The minimum Gasteiger partial charge on any atom is -0.497 e. The van der Waals surface area contributed by atoms with E-state index in [4.69, 9.17) is 9.84 Å². The Morgan fingerprint density at radius 1 is 1.32 bits per heavy atom. The number of hydrogen-bond donors (Lipinski definition) is 3. The number of methoxy groups -OCH3 is 1. The van der Waals surface area contributed by atoms with Crippen LogP contribution in [0.2, 0.25) is 0 Å². The molecule has 0 heterocycles. The lowest BCUT2D eigenvalue weighted by Gasteiger charge is -2.14. The Morgan fingerprint density at radius 2 is 1.95 bits per heavy atom. The molecule has 0 aliphatic rings. The molecule has 1 rings (SSSR count). The average Bonchev–Trinajstić information content (AvgIpc) is 2.39. The number of carbonyl (C=O) groups excluding carboxylic acids is 1. The monoisotopic (exact) mass is 266 g/mol. The van der Waals surface area contributed by atoms with Gasteiger partial charge in [0.1, 0.15) is 11.8 Å². The standard InChI is InChI=1S/C13H18N2O4/c1-3-4-11(12(16)17)15-13(18)14-9-5-7-10(19-2)8-6-9/h5-8,11H,3-4H2,1-2H3,(H,16,17)(H2,14,15,18)/t11-/m1/s1. The smallest absolute Gasteiger partial charge is 0.326 e. The van der Waals surface area contributed by atoms with Gasteiger partial charge in [0.25, 0.3) is 0 Å². The Bertz CT molecular complexity index is 431. The fourth-order valence-corrected chi connectivity index (χ4v) is 1.55. The van der Waals surface area contributed by atoms with Gasteiger partial charge in [-0.2, -0.15) is 0 Å². The van der Waals surface area contributed by atoms with Gasteiger partial charge in [0.05, 0.1) is 7.11 Å². The van der Waals surface area contributed by atoms with Crippen molar-refractivity contribution in [2.45, 2.75) is 25.8 Å². The van der Waals surface area contributed by atoms with E-state index in [1.807, 2.05) is 6.92 Å². The van der Waals surface area contributed by atoms with Crippen LogP contribution in [0.4, 0.5) is 10.5 Å². The molecule has 0 aromatic heterocycles. The Hall–Kier alpha value is -2.24. The van der Waals surface area contributed by atoms with Crippen LogP contribution in [0, 0.1) is 0 Å². The molecule has 0 aliphatic heterocycles. The number of carbonyl (C=O) groups is 2. The summed E-state index contributed by atoms with van der Waals surface area (Å²) in [7, 11) is 1.55. The summed E-state index contributed by atoms with van der Waals surface area (Å²) in [6.45, 7) is 1.86.